The van der Waals surface area contributed by atoms with Gasteiger partial charge in [0.15, 0.2) is 11.7 Å². The number of rotatable bonds is 5. The molecule has 0 saturated carbocycles. The summed E-state index contributed by atoms with van der Waals surface area (Å²) in [5, 5.41) is 7.49. The molecule has 1 aliphatic rings. The first kappa shape index (κ1) is 25.2. The number of nitrogens with one attached hydrogen (secondary N) is 1. The molecular formula is C27H21Cl2F3N4O. The molecule has 0 bridgehead atoms. The fraction of sp³-hybridized carbons (Fsp3) is 0.185. The van der Waals surface area contributed by atoms with Gasteiger partial charge in [-0.1, -0.05) is 83.9 Å². The molecule has 1 N–H and O–H groups in total. The predicted octanol–water partition coefficient (Wildman–Crippen LogP) is 7.70. The molecule has 2 unspecified atom stereocenters. The molecule has 1 aromatic heterocycles. The van der Waals surface area contributed by atoms with Crippen molar-refractivity contribution in [3.63, 3.8) is 0 Å². The van der Waals surface area contributed by atoms with Gasteiger partial charge in [-0.15, -0.1) is 0 Å². The summed E-state index contributed by atoms with van der Waals surface area (Å²) in [6, 6.07) is 22.0. The zero-order chi connectivity index (χ0) is 26.2. The Bertz CT molecular complexity index is 1390. The van der Waals surface area contributed by atoms with Gasteiger partial charge < -0.3 is 10.2 Å². The van der Waals surface area contributed by atoms with E-state index in [0.717, 1.165) is 10.2 Å². The number of carbonyl (C=O) groups is 1. The van der Waals surface area contributed by atoms with Gasteiger partial charge in [-0.2, -0.15) is 18.3 Å². The van der Waals surface area contributed by atoms with Crippen molar-refractivity contribution in [2.45, 2.75) is 31.2 Å². The number of aromatic nitrogens is 2. The minimum Gasteiger partial charge on any atom is -0.362 e. The van der Waals surface area contributed by atoms with Crippen molar-refractivity contribution in [3.05, 3.63) is 112 Å². The first-order valence-corrected chi connectivity index (χ1v) is 12.3. The van der Waals surface area contributed by atoms with Crippen LogP contribution in [0.15, 0.2) is 84.9 Å². The summed E-state index contributed by atoms with van der Waals surface area (Å²) >= 11 is 12.5. The average Bonchev–Trinajstić information content (AvgIpc) is 3.23. The van der Waals surface area contributed by atoms with E-state index in [9.17, 15) is 18.0 Å². The highest BCUT2D eigenvalue weighted by molar-refractivity contribution is 6.36. The van der Waals surface area contributed by atoms with Crippen molar-refractivity contribution in [1.82, 2.24) is 9.78 Å². The molecule has 190 valence electrons. The van der Waals surface area contributed by atoms with Crippen molar-refractivity contribution < 1.29 is 18.0 Å². The number of hydrogen-bond donors (Lipinski definition) is 1. The van der Waals surface area contributed by atoms with Gasteiger partial charge in [0, 0.05) is 17.1 Å². The van der Waals surface area contributed by atoms with Crippen molar-refractivity contribution in [2.75, 3.05) is 10.2 Å². The summed E-state index contributed by atoms with van der Waals surface area (Å²) in [5.74, 6) is -0.654. The Morgan fingerprint density at radius 1 is 0.973 bits per heavy atom. The standard InChI is InChI=1S/C27H21Cl2F3N4O/c28-19-13-11-18(12-14-19)21-15-22(27(30,31)32)36-25(33-21)23(29)24(34-36)26(37)35(20-9-5-2-6-10-20)16-17-7-3-1-4-8-17/h1-14,21-22,33H,15-16H2. The SMILES string of the molecule is O=C(c1nn2c(c1Cl)NC(c1ccc(Cl)cc1)CC2C(F)(F)F)N(Cc1ccccc1)c1ccccc1. The van der Waals surface area contributed by atoms with Crippen LogP contribution in [0.25, 0.3) is 0 Å². The van der Waals surface area contributed by atoms with Gasteiger partial charge in [-0.05, 0) is 35.4 Å². The average molecular weight is 545 g/mol. The van der Waals surface area contributed by atoms with E-state index in [1.54, 1.807) is 48.5 Å². The summed E-state index contributed by atoms with van der Waals surface area (Å²) < 4.78 is 43.3. The molecule has 0 fully saturated rings. The molecule has 37 heavy (non-hydrogen) atoms. The molecule has 0 saturated heterocycles. The number of nitrogens with zero attached hydrogens (tertiary/aromatic N) is 3. The minimum atomic E-state index is -4.61. The smallest absolute Gasteiger partial charge is 0.362 e. The van der Waals surface area contributed by atoms with E-state index >= 15 is 0 Å². The second-order valence-corrected chi connectivity index (χ2v) is 9.52. The zero-order valence-corrected chi connectivity index (χ0v) is 20.8. The molecule has 5 rings (SSSR count). The van der Waals surface area contributed by atoms with Crippen molar-refractivity contribution in [2.24, 2.45) is 0 Å². The van der Waals surface area contributed by atoms with Crippen molar-refractivity contribution >= 4 is 40.6 Å². The van der Waals surface area contributed by atoms with Gasteiger partial charge in [0.05, 0.1) is 12.6 Å². The number of benzene rings is 3. The molecule has 0 aliphatic carbocycles. The van der Waals surface area contributed by atoms with Crippen LogP contribution in [-0.4, -0.2) is 21.9 Å². The van der Waals surface area contributed by atoms with Gasteiger partial charge in [0.1, 0.15) is 10.8 Å². The third kappa shape index (κ3) is 5.17. The highest BCUT2D eigenvalue weighted by atomic mass is 35.5. The number of carbonyl (C=O) groups excluding carboxylic acids is 1. The maximum atomic E-state index is 14.2. The van der Waals surface area contributed by atoms with E-state index in [1.807, 2.05) is 36.4 Å². The van der Waals surface area contributed by atoms with Gasteiger partial charge in [0.2, 0.25) is 0 Å². The number of halogens is 5. The molecule has 5 nitrogen and oxygen atoms in total. The molecule has 2 atom stereocenters. The van der Waals surface area contributed by atoms with E-state index in [0.29, 0.717) is 16.3 Å². The highest BCUT2D eigenvalue weighted by Crippen LogP contribution is 2.46. The Labute approximate surface area is 221 Å². The Morgan fingerprint density at radius 2 is 1.59 bits per heavy atom. The molecule has 4 aromatic rings. The predicted molar refractivity (Wildman–Crippen MR) is 138 cm³/mol. The summed E-state index contributed by atoms with van der Waals surface area (Å²) in [6.45, 7) is 0.186. The lowest BCUT2D eigenvalue weighted by Gasteiger charge is -2.33. The van der Waals surface area contributed by atoms with Crippen LogP contribution in [0.1, 0.15) is 40.1 Å². The van der Waals surface area contributed by atoms with E-state index in [4.69, 9.17) is 23.2 Å². The Kier molecular flexibility index (Phi) is 6.88. The largest absolute Gasteiger partial charge is 0.410 e. The van der Waals surface area contributed by atoms with E-state index in [-0.39, 0.29) is 29.5 Å². The number of para-hydroxylation sites is 1. The third-order valence-corrected chi connectivity index (χ3v) is 6.88. The van der Waals surface area contributed by atoms with Crippen LogP contribution < -0.4 is 10.2 Å². The lowest BCUT2D eigenvalue weighted by atomic mass is 9.97. The summed E-state index contributed by atoms with van der Waals surface area (Å²) in [6.07, 6.45) is -4.93. The second kappa shape index (κ2) is 10.1. The highest BCUT2D eigenvalue weighted by Gasteiger charge is 2.48. The van der Waals surface area contributed by atoms with Crippen molar-refractivity contribution in [3.8, 4) is 0 Å². The fourth-order valence-corrected chi connectivity index (χ4v) is 4.81. The number of amides is 1. The molecule has 10 heteroatoms. The molecule has 1 aliphatic heterocycles. The lowest BCUT2D eigenvalue weighted by Crippen LogP contribution is -2.36. The quantitative estimate of drug-likeness (QED) is 0.280. The van der Waals surface area contributed by atoms with Crippen LogP contribution in [-0.2, 0) is 6.54 Å². The molecule has 0 spiro atoms. The normalized spacial score (nSPS) is 17.1. The van der Waals surface area contributed by atoms with Gasteiger partial charge in [0.25, 0.3) is 5.91 Å². The summed E-state index contributed by atoms with van der Waals surface area (Å²) in [7, 11) is 0. The van der Waals surface area contributed by atoms with Gasteiger partial charge in [-0.3, -0.25) is 4.79 Å². The number of alkyl halides is 3. The summed E-state index contributed by atoms with van der Waals surface area (Å²) in [4.78, 5) is 15.2. The molecule has 3 aromatic carbocycles. The van der Waals surface area contributed by atoms with Crippen LogP contribution in [0.3, 0.4) is 0 Å². The maximum absolute atomic E-state index is 14.2. The number of hydrogen-bond acceptors (Lipinski definition) is 3. The minimum absolute atomic E-state index is 0.0498. The fourth-order valence-electron chi connectivity index (χ4n) is 4.42. The van der Waals surface area contributed by atoms with E-state index in [1.165, 1.54) is 4.90 Å². The Hall–Kier alpha value is -3.49. The van der Waals surface area contributed by atoms with E-state index in [2.05, 4.69) is 10.4 Å². The van der Waals surface area contributed by atoms with Crippen molar-refractivity contribution in [1.29, 1.82) is 0 Å². The molecular weight excluding hydrogens is 524 g/mol. The topological polar surface area (TPSA) is 50.2 Å². The first-order chi connectivity index (χ1) is 17.7. The number of anilines is 2. The van der Waals surface area contributed by atoms with Crippen LogP contribution >= 0.6 is 23.2 Å². The molecule has 1 amide bonds. The Balaban J connectivity index is 1.55. The van der Waals surface area contributed by atoms with Crippen LogP contribution in [0.5, 0.6) is 0 Å². The third-order valence-electron chi connectivity index (χ3n) is 6.27. The Morgan fingerprint density at radius 3 is 2.22 bits per heavy atom. The zero-order valence-electron chi connectivity index (χ0n) is 19.3. The first-order valence-electron chi connectivity index (χ1n) is 11.5. The number of fused-ring (bicyclic) bond motifs is 1. The molecule has 2 heterocycles. The second-order valence-electron chi connectivity index (χ2n) is 8.71. The van der Waals surface area contributed by atoms with Gasteiger partial charge >= 0.3 is 6.18 Å². The monoisotopic (exact) mass is 544 g/mol. The summed E-state index contributed by atoms with van der Waals surface area (Å²) in [5.41, 5.74) is 1.77. The van der Waals surface area contributed by atoms with Crippen LogP contribution in [0.4, 0.5) is 24.7 Å². The van der Waals surface area contributed by atoms with E-state index < -0.39 is 24.2 Å². The lowest BCUT2D eigenvalue weighted by molar-refractivity contribution is -0.173. The molecule has 0 radical (unpaired) electrons. The van der Waals surface area contributed by atoms with Gasteiger partial charge in [-0.25, -0.2) is 4.68 Å². The van der Waals surface area contributed by atoms with Crippen LogP contribution in [0.2, 0.25) is 10.0 Å². The van der Waals surface area contributed by atoms with Crippen LogP contribution in [0, 0.1) is 0 Å². The maximum Gasteiger partial charge on any atom is 0.410 e.